The Labute approximate surface area is 151 Å². The lowest BCUT2D eigenvalue weighted by atomic mass is 9.64. The number of hydrogen-bond acceptors (Lipinski definition) is 2. The summed E-state index contributed by atoms with van der Waals surface area (Å²) in [6.45, 7) is 8.26. The van der Waals surface area contributed by atoms with Crippen LogP contribution in [0.4, 0.5) is 0 Å². The number of benzene rings is 2. The first kappa shape index (κ1) is 17.9. The molecule has 0 aliphatic carbocycles. The van der Waals surface area contributed by atoms with Crippen LogP contribution >= 0.6 is 0 Å². The van der Waals surface area contributed by atoms with Crippen molar-refractivity contribution in [2.45, 2.75) is 38.0 Å². The van der Waals surface area contributed by atoms with Crippen molar-refractivity contribution in [2.75, 3.05) is 7.05 Å². The maximum absolute atomic E-state index is 11.7. The Morgan fingerprint density at radius 2 is 1.32 bits per heavy atom. The molecule has 1 aliphatic heterocycles. The van der Waals surface area contributed by atoms with Crippen LogP contribution in [0.15, 0.2) is 73.3 Å². The molecule has 1 heterocycles. The standard InChI is InChI=1S/C23H29NO/c1-5-16-23(25)17(2)21(19-12-8-6-9-13-19)24(4)22(18(23)3)20-14-10-7-11-15-20/h5-15,17-18,21-22,25H,1,16H2,2-4H3/t17-,18+,21+,22-,23?. The molecule has 0 bridgehead atoms. The van der Waals surface area contributed by atoms with Gasteiger partial charge >= 0.3 is 0 Å². The summed E-state index contributed by atoms with van der Waals surface area (Å²) < 4.78 is 0. The lowest BCUT2D eigenvalue weighted by Crippen LogP contribution is -2.57. The predicted octanol–water partition coefficient (Wildman–Crippen LogP) is 4.99. The number of aliphatic hydroxyl groups is 1. The van der Waals surface area contributed by atoms with Gasteiger partial charge in [0.1, 0.15) is 0 Å². The maximum atomic E-state index is 11.7. The highest BCUT2D eigenvalue weighted by atomic mass is 16.3. The molecule has 1 aliphatic rings. The molecule has 132 valence electrons. The molecule has 2 nitrogen and oxygen atoms in total. The zero-order valence-corrected chi connectivity index (χ0v) is 15.5. The molecule has 5 atom stereocenters. The van der Waals surface area contributed by atoms with Gasteiger partial charge in [0.25, 0.3) is 0 Å². The Bertz CT molecular complexity index is 643. The third-order valence-electron chi connectivity index (χ3n) is 6.16. The molecule has 1 fully saturated rings. The monoisotopic (exact) mass is 335 g/mol. The van der Waals surface area contributed by atoms with Crippen molar-refractivity contribution in [3.8, 4) is 0 Å². The Morgan fingerprint density at radius 1 is 0.920 bits per heavy atom. The summed E-state index contributed by atoms with van der Waals surface area (Å²) in [6, 6.07) is 21.4. The van der Waals surface area contributed by atoms with E-state index in [-0.39, 0.29) is 23.9 Å². The zero-order chi connectivity index (χ0) is 18.0. The number of nitrogens with zero attached hydrogens (tertiary/aromatic N) is 1. The first-order chi connectivity index (χ1) is 12.0. The second-order valence-corrected chi connectivity index (χ2v) is 7.44. The molecule has 0 saturated carbocycles. The molecule has 0 radical (unpaired) electrons. The van der Waals surface area contributed by atoms with Gasteiger partial charge < -0.3 is 5.11 Å². The van der Waals surface area contributed by atoms with E-state index in [4.69, 9.17) is 0 Å². The van der Waals surface area contributed by atoms with E-state index < -0.39 is 5.60 Å². The molecule has 3 rings (SSSR count). The van der Waals surface area contributed by atoms with Crippen LogP contribution in [0.3, 0.4) is 0 Å². The van der Waals surface area contributed by atoms with Crippen molar-refractivity contribution in [1.82, 2.24) is 4.90 Å². The van der Waals surface area contributed by atoms with Crippen molar-refractivity contribution in [1.29, 1.82) is 0 Å². The van der Waals surface area contributed by atoms with Crippen LogP contribution in [0.5, 0.6) is 0 Å². The molecule has 25 heavy (non-hydrogen) atoms. The van der Waals surface area contributed by atoms with Crippen molar-refractivity contribution < 1.29 is 5.11 Å². The molecule has 0 aromatic heterocycles. The van der Waals surface area contributed by atoms with Gasteiger partial charge in [-0.2, -0.15) is 0 Å². The number of hydrogen-bond donors (Lipinski definition) is 1. The second kappa shape index (κ2) is 7.15. The zero-order valence-electron chi connectivity index (χ0n) is 15.5. The average molecular weight is 335 g/mol. The smallest absolute Gasteiger partial charge is 0.0769 e. The second-order valence-electron chi connectivity index (χ2n) is 7.44. The highest BCUT2D eigenvalue weighted by Gasteiger charge is 2.52. The summed E-state index contributed by atoms with van der Waals surface area (Å²) in [7, 11) is 2.19. The molecule has 0 amide bonds. The summed E-state index contributed by atoms with van der Waals surface area (Å²) in [6.07, 6.45) is 2.47. The van der Waals surface area contributed by atoms with Gasteiger partial charge in [0.05, 0.1) is 5.60 Å². The van der Waals surface area contributed by atoms with Crippen LogP contribution in [0.25, 0.3) is 0 Å². The van der Waals surface area contributed by atoms with Gasteiger partial charge in [-0.25, -0.2) is 0 Å². The van der Waals surface area contributed by atoms with E-state index in [1.165, 1.54) is 11.1 Å². The van der Waals surface area contributed by atoms with E-state index in [9.17, 15) is 5.11 Å². The predicted molar refractivity (Wildman–Crippen MR) is 104 cm³/mol. The van der Waals surface area contributed by atoms with Gasteiger partial charge in [-0.05, 0) is 24.6 Å². The molecule has 2 heteroatoms. The lowest BCUT2D eigenvalue weighted by Gasteiger charge is -2.56. The highest BCUT2D eigenvalue weighted by molar-refractivity contribution is 5.28. The van der Waals surface area contributed by atoms with E-state index in [1.807, 2.05) is 18.2 Å². The third-order valence-corrected chi connectivity index (χ3v) is 6.16. The highest BCUT2D eigenvalue weighted by Crippen LogP contribution is 2.53. The number of rotatable bonds is 4. The van der Waals surface area contributed by atoms with E-state index in [0.717, 1.165) is 0 Å². The van der Waals surface area contributed by atoms with Crippen LogP contribution < -0.4 is 0 Å². The number of likely N-dealkylation sites (tertiary alicyclic amines) is 1. The van der Waals surface area contributed by atoms with Gasteiger partial charge in [0.15, 0.2) is 0 Å². The maximum Gasteiger partial charge on any atom is 0.0769 e. The fourth-order valence-electron chi connectivity index (χ4n) is 4.79. The summed E-state index contributed by atoms with van der Waals surface area (Å²) in [4.78, 5) is 2.44. The Hall–Kier alpha value is -1.90. The molecule has 2 aromatic rings. The minimum Gasteiger partial charge on any atom is -0.389 e. The number of piperidine rings is 1. The van der Waals surface area contributed by atoms with E-state index in [0.29, 0.717) is 6.42 Å². The topological polar surface area (TPSA) is 23.5 Å². The fraction of sp³-hybridized carbons (Fsp3) is 0.391. The van der Waals surface area contributed by atoms with Gasteiger partial charge in [-0.3, -0.25) is 4.90 Å². The molecule has 2 aromatic carbocycles. The van der Waals surface area contributed by atoms with E-state index >= 15 is 0 Å². The van der Waals surface area contributed by atoms with Gasteiger partial charge in [-0.1, -0.05) is 80.6 Å². The lowest BCUT2D eigenvalue weighted by molar-refractivity contribution is -0.152. The fourth-order valence-corrected chi connectivity index (χ4v) is 4.79. The summed E-state index contributed by atoms with van der Waals surface area (Å²) in [5, 5.41) is 11.7. The first-order valence-corrected chi connectivity index (χ1v) is 9.15. The molecule has 1 saturated heterocycles. The van der Waals surface area contributed by atoms with Crippen LogP contribution in [0.1, 0.15) is 43.5 Å². The summed E-state index contributed by atoms with van der Waals surface area (Å²) in [5.74, 6) is 0.209. The Kier molecular flexibility index (Phi) is 5.12. The average Bonchev–Trinajstić information content (AvgIpc) is 2.63. The van der Waals surface area contributed by atoms with Crippen LogP contribution in [-0.4, -0.2) is 22.7 Å². The van der Waals surface area contributed by atoms with Gasteiger partial charge in [0, 0.05) is 23.9 Å². The SMILES string of the molecule is C=CCC1(O)[C@H](C)[C@@H](c2ccccc2)N(C)[C@@H](c2ccccc2)[C@@H]1C. The molecular formula is C23H29NO. The Morgan fingerprint density at radius 3 is 1.68 bits per heavy atom. The normalized spacial score (nSPS) is 33.1. The Balaban J connectivity index is 2.11. The summed E-state index contributed by atoms with van der Waals surface area (Å²) >= 11 is 0. The van der Waals surface area contributed by atoms with Crippen LogP contribution in [0, 0.1) is 11.8 Å². The molecule has 1 N–H and O–H groups in total. The largest absolute Gasteiger partial charge is 0.389 e. The first-order valence-electron chi connectivity index (χ1n) is 9.15. The quantitative estimate of drug-likeness (QED) is 0.795. The van der Waals surface area contributed by atoms with Crippen LogP contribution in [0.2, 0.25) is 0 Å². The van der Waals surface area contributed by atoms with Gasteiger partial charge in [0.2, 0.25) is 0 Å². The van der Waals surface area contributed by atoms with Crippen LogP contribution in [-0.2, 0) is 0 Å². The van der Waals surface area contributed by atoms with Crippen molar-refractivity contribution >= 4 is 0 Å². The van der Waals surface area contributed by atoms with E-state index in [2.05, 4.69) is 80.9 Å². The van der Waals surface area contributed by atoms with Gasteiger partial charge in [-0.15, -0.1) is 6.58 Å². The molecule has 0 spiro atoms. The third kappa shape index (κ3) is 3.05. The molecule has 1 unspecified atom stereocenters. The minimum absolute atomic E-state index is 0.105. The van der Waals surface area contributed by atoms with E-state index in [1.54, 1.807) is 0 Å². The van der Waals surface area contributed by atoms with Crippen molar-refractivity contribution in [2.24, 2.45) is 11.8 Å². The molecular weight excluding hydrogens is 306 g/mol. The summed E-state index contributed by atoms with van der Waals surface area (Å²) in [5.41, 5.74) is 1.73. The minimum atomic E-state index is -0.782. The van der Waals surface area contributed by atoms with Crippen molar-refractivity contribution in [3.05, 3.63) is 84.4 Å². The van der Waals surface area contributed by atoms with Crippen molar-refractivity contribution in [3.63, 3.8) is 0 Å².